The van der Waals surface area contributed by atoms with Gasteiger partial charge in [0.05, 0.1) is 17.9 Å². The van der Waals surface area contributed by atoms with E-state index in [1.807, 2.05) is 48.5 Å². The van der Waals surface area contributed by atoms with Gasteiger partial charge in [-0.2, -0.15) is 0 Å². The van der Waals surface area contributed by atoms with Crippen LogP contribution in [-0.4, -0.2) is 34.5 Å². The van der Waals surface area contributed by atoms with Gasteiger partial charge in [-0.3, -0.25) is 9.59 Å². The number of nitrogens with zero attached hydrogens (tertiary/aromatic N) is 3. The highest BCUT2D eigenvalue weighted by Gasteiger charge is 2.23. The van der Waals surface area contributed by atoms with Gasteiger partial charge in [0.1, 0.15) is 18.2 Å². The Balaban J connectivity index is 1.20. The van der Waals surface area contributed by atoms with Crippen LogP contribution in [0.25, 0.3) is 11.3 Å². The Kier molecular flexibility index (Phi) is 5.62. The zero-order chi connectivity index (χ0) is 21.9. The topological polar surface area (TPSA) is 76.5 Å². The molecule has 0 unspecified atom stereocenters. The Labute approximate surface area is 187 Å². The number of anilines is 2. The molecule has 0 aliphatic carbocycles. The summed E-state index contributed by atoms with van der Waals surface area (Å²) in [6, 6.07) is 15.2. The number of benzene rings is 2. The first-order valence-electron chi connectivity index (χ1n) is 11.2. The Morgan fingerprint density at radius 2 is 1.94 bits per heavy atom. The molecule has 2 aliphatic heterocycles. The number of fused-ring (bicyclic) bond motifs is 2. The van der Waals surface area contributed by atoms with Crippen molar-refractivity contribution in [1.82, 2.24) is 9.55 Å². The number of carbonyl (C=O) groups is 2. The van der Waals surface area contributed by atoms with E-state index in [0.29, 0.717) is 24.6 Å². The first-order chi connectivity index (χ1) is 15.7. The fraction of sp³-hybridized carbons (Fsp3) is 0.320. The summed E-state index contributed by atoms with van der Waals surface area (Å²) in [7, 11) is 0. The Bertz CT molecular complexity index is 1130. The lowest BCUT2D eigenvalue weighted by Gasteiger charge is -2.29. The molecule has 0 spiro atoms. The molecule has 0 atom stereocenters. The number of imidazole rings is 1. The third-order valence-electron chi connectivity index (χ3n) is 5.95. The maximum Gasteiger partial charge on any atom is 0.227 e. The van der Waals surface area contributed by atoms with E-state index in [9.17, 15) is 9.59 Å². The van der Waals surface area contributed by atoms with Gasteiger partial charge in [-0.25, -0.2) is 4.98 Å². The standard InChI is InChI=1S/C25H26N4O3/c30-24(11-12-25(31)29-14-15-32-22-9-2-1-8-21(22)29)26-19-7-5-6-18(16-19)20-17-28-13-4-3-10-23(28)27-20/h1-2,5-9,16-17H,3-4,10-15H2,(H,26,30). The molecule has 3 heterocycles. The predicted molar refractivity (Wildman–Crippen MR) is 123 cm³/mol. The second-order valence-corrected chi connectivity index (χ2v) is 8.18. The van der Waals surface area contributed by atoms with Gasteiger partial charge in [0.2, 0.25) is 11.8 Å². The molecule has 2 aromatic carbocycles. The molecule has 164 valence electrons. The summed E-state index contributed by atoms with van der Waals surface area (Å²) >= 11 is 0. The first-order valence-corrected chi connectivity index (χ1v) is 11.2. The molecule has 0 saturated carbocycles. The van der Waals surface area contributed by atoms with Gasteiger partial charge in [0, 0.05) is 43.3 Å². The first kappa shape index (κ1) is 20.3. The molecule has 0 radical (unpaired) electrons. The second kappa shape index (κ2) is 8.86. The minimum absolute atomic E-state index is 0.0757. The van der Waals surface area contributed by atoms with Crippen molar-refractivity contribution in [2.75, 3.05) is 23.4 Å². The molecule has 7 nitrogen and oxygen atoms in total. The second-order valence-electron chi connectivity index (χ2n) is 8.18. The van der Waals surface area contributed by atoms with Gasteiger partial charge in [0.25, 0.3) is 0 Å². The van der Waals surface area contributed by atoms with E-state index in [0.717, 1.165) is 35.7 Å². The minimum Gasteiger partial charge on any atom is -0.490 e. The summed E-state index contributed by atoms with van der Waals surface area (Å²) in [6.45, 7) is 1.97. The van der Waals surface area contributed by atoms with Crippen molar-refractivity contribution in [3.05, 3.63) is 60.6 Å². The van der Waals surface area contributed by atoms with Crippen molar-refractivity contribution in [2.45, 2.75) is 38.6 Å². The maximum atomic E-state index is 12.7. The third-order valence-corrected chi connectivity index (χ3v) is 5.95. The van der Waals surface area contributed by atoms with Crippen LogP contribution < -0.4 is 15.0 Å². The van der Waals surface area contributed by atoms with E-state index in [2.05, 4.69) is 16.1 Å². The molecule has 0 bridgehead atoms. The van der Waals surface area contributed by atoms with E-state index in [-0.39, 0.29) is 24.7 Å². The maximum absolute atomic E-state index is 12.7. The predicted octanol–water partition coefficient (Wildman–Crippen LogP) is 4.03. The quantitative estimate of drug-likeness (QED) is 0.663. The van der Waals surface area contributed by atoms with Gasteiger partial charge in [0.15, 0.2) is 0 Å². The van der Waals surface area contributed by atoms with Crippen molar-refractivity contribution in [1.29, 1.82) is 0 Å². The fourth-order valence-corrected chi connectivity index (χ4v) is 4.32. The lowest BCUT2D eigenvalue weighted by atomic mass is 10.1. The minimum atomic E-state index is -0.179. The molecule has 0 saturated heterocycles. The number of carbonyl (C=O) groups excluding carboxylic acids is 2. The number of rotatable bonds is 5. The average molecular weight is 431 g/mol. The SMILES string of the molecule is O=C(CCC(=O)N1CCOc2ccccc21)Nc1cccc(-c2cn3c(n2)CCCC3)c1. The highest BCUT2D eigenvalue weighted by molar-refractivity contribution is 5.99. The lowest BCUT2D eigenvalue weighted by molar-refractivity contribution is -0.122. The highest BCUT2D eigenvalue weighted by Crippen LogP contribution is 2.31. The fourth-order valence-electron chi connectivity index (χ4n) is 4.32. The average Bonchev–Trinajstić information content (AvgIpc) is 3.27. The lowest BCUT2D eigenvalue weighted by Crippen LogP contribution is -2.38. The van der Waals surface area contributed by atoms with Crippen molar-refractivity contribution >= 4 is 23.2 Å². The molecular weight excluding hydrogens is 404 g/mol. The smallest absolute Gasteiger partial charge is 0.227 e. The van der Waals surface area contributed by atoms with Crippen LogP contribution in [0, 0.1) is 0 Å². The van der Waals surface area contributed by atoms with Crippen LogP contribution in [0.2, 0.25) is 0 Å². The van der Waals surface area contributed by atoms with E-state index >= 15 is 0 Å². The van der Waals surface area contributed by atoms with Gasteiger partial charge in [-0.1, -0.05) is 24.3 Å². The van der Waals surface area contributed by atoms with E-state index < -0.39 is 0 Å². The zero-order valence-corrected chi connectivity index (χ0v) is 17.9. The summed E-state index contributed by atoms with van der Waals surface area (Å²) in [6.07, 6.45) is 5.75. The van der Waals surface area contributed by atoms with Gasteiger partial charge >= 0.3 is 0 Å². The van der Waals surface area contributed by atoms with Crippen molar-refractivity contribution in [2.24, 2.45) is 0 Å². The summed E-state index contributed by atoms with van der Waals surface area (Å²) in [5.74, 6) is 1.58. The molecule has 1 N–H and O–H groups in total. The van der Waals surface area contributed by atoms with Crippen molar-refractivity contribution < 1.29 is 14.3 Å². The number of ether oxygens (including phenoxy) is 1. The molecule has 0 fully saturated rings. The van der Waals surface area contributed by atoms with E-state index in [1.54, 1.807) is 4.90 Å². The zero-order valence-electron chi connectivity index (χ0n) is 17.9. The largest absolute Gasteiger partial charge is 0.490 e. The summed E-state index contributed by atoms with van der Waals surface area (Å²) in [4.78, 5) is 31.7. The van der Waals surface area contributed by atoms with Gasteiger partial charge in [-0.05, 0) is 37.1 Å². The monoisotopic (exact) mass is 430 g/mol. The number of amides is 2. The van der Waals surface area contributed by atoms with Crippen molar-refractivity contribution in [3.63, 3.8) is 0 Å². The summed E-state index contributed by atoms with van der Waals surface area (Å²) in [5.41, 5.74) is 3.38. The van der Waals surface area contributed by atoms with Crippen LogP contribution in [0.15, 0.2) is 54.7 Å². The third kappa shape index (κ3) is 4.23. The Morgan fingerprint density at radius 3 is 2.84 bits per heavy atom. The van der Waals surface area contributed by atoms with Gasteiger partial charge < -0.3 is 19.5 Å². The van der Waals surface area contributed by atoms with Crippen LogP contribution in [0.5, 0.6) is 5.75 Å². The normalized spacial score (nSPS) is 14.8. The van der Waals surface area contributed by atoms with Crippen molar-refractivity contribution in [3.8, 4) is 17.0 Å². The number of aromatic nitrogens is 2. The summed E-state index contributed by atoms with van der Waals surface area (Å²) < 4.78 is 7.82. The molecule has 32 heavy (non-hydrogen) atoms. The van der Waals surface area contributed by atoms with Crippen LogP contribution in [0.1, 0.15) is 31.5 Å². The molecule has 2 aliphatic rings. The van der Waals surface area contributed by atoms with E-state index in [4.69, 9.17) is 9.72 Å². The van der Waals surface area contributed by atoms with Gasteiger partial charge in [-0.15, -0.1) is 0 Å². The number of aryl methyl sites for hydroxylation is 2. The molecule has 5 rings (SSSR count). The number of hydrogen-bond acceptors (Lipinski definition) is 4. The Hall–Kier alpha value is -3.61. The summed E-state index contributed by atoms with van der Waals surface area (Å²) in [5, 5.41) is 2.92. The highest BCUT2D eigenvalue weighted by atomic mass is 16.5. The number of nitrogens with one attached hydrogen (secondary N) is 1. The van der Waals surface area contributed by atoms with Crippen LogP contribution in [0.3, 0.4) is 0 Å². The number of para-hydroxylation sites is 2. The molecule has 3 aromatic rings. The number of hydrogen-bond donors (Lipinski definition) is 1. The van der Waals surface area contributed by atoms with Crippen LogP contribution >= 0.6 is 0 Å². The molecular formula is C25H26N4O3. The van der Waals surface area contributed by atoms with Crippen LogP contribution in [-0.2, 0) is 22.6 Å². The van der Waals surface area contributed by atoms with E-state index in [1.165, 1.54) is 12.8 Å². The van der Waals surface area contributed by atoms with Crippen LogP contribution in [0.4, 0.5) is 11.4 Å². The molecule has 7 heteroatoms. The Morgan fingerprint density at radius 1 is 1.03 bits per heavy atom. The molecule has 1 aromatic heterocycles. The molecule has 2 amide bonds.